The van der Waals surface area contributed by atoms with Crippen LogP contribution in [0.15, 0.2) is 18.2 Å². The van der Waals surface area contributed by atoms with Gasteiger partial charge in [-0.25, -0.2) is 0 Å². The number of nitrogens with zero attached hydrogens (tertiary/aromatic N) is 2. The van der Waals surface area contributed by atoms with Crippen LogP contribution in [0.2, 0.25) is 0 Å². The molecule has 1 aliphatic heterocycles. The van der Waals surface area contributed by atoms with E-state index in [0.29, 0.717) is 12.5 Å². The number of ether oxygens (including phenoxy) is 2. The van der Waals surface area contributed by atoms with Gasteiger partial charge in [0, 0.05) is 45.3 Å². The second-order valence-corrected chi connectivity index (χ2v) is 6.97. The first-order valence-electron chi connectivity index (χ1n) is 8.93. The molecule has 0 spiro atoms. The van der Waals surface area contributed by atoms with Gasteiger partial charge in [-0.3, -0.25) is 14.6 Å². The van der Waals surface area contributed by atoms with Crippen LogP contribution in [0, 0.1) is 5.92 Å². The minimum absolute atomic E-state index is 0.125. The monoisotopic (exact) mass is 349 g/mol. The van der Waals surface area contributed by atoms with E-state index in [0.717, 1.165) is 50.8 Å². The Labute approximate surface area is 151 Å². The number of hydrogen-bond acceptors (Lipinski definition) is 5. The molecule has 0 atom stereocenters. The third kappa shape index (κ3) is 6.55. The molecule has 1 N–H and O–H groups in total. The molecule has 0 bridgehead atoms. The molecular formula is C19H31N3O3. The van der Waals surface area contributed by atoms with E-state index < -0.39 is 0 Å². The lowest BCUT2D eigenvalue weighted by Gasteiger charge is -2.34. The van der Waals surface area contributed by atoms with Gasteiger partial charge in [0.05, 0.1) is 20.8 Å². The van der Waals surface area contributed by atoms with Crippen molar-refractivity contribution in [2.45, 2.75) is 20.4 Å². The zero-order chi connectivity index (χ0) is 18.2. The van der Waals surface area contributed by atoms with E-state index in [9.17, 15) is 4.79 Å². The van der Waals surface area contributed by atoms with Crippen molar-refractivity contribution in [3.63, 3.8) is 0 Å². The molecule has 1 aliphatic rings. The molecule has 1 fully saturated rings. The molecule has 1 amide bonds. The summed E-state index contributed by atoms with van der Waals surface area (Å²) in [4.78, 5) is 16.6. The number of carbonyl (C=O) groups is 1. The van der Waals surface area contributed by atoms with Gasteiger partial charge in [0.2, 0.25) is 5.91 Å². The van der Waals surface area contributed by atoms with Gasteiger partial charge in [-0.15, -0.1) is 0 Å². The second kappa shape index (κ2) is 9.63. The Bertz CT molecular complexity index is 533. The molecule has 1 aromatic rings. The van der Waals surface area contributed by atoms with Crippen LogP contribution in [0.3, 0.4) is 0 Å². The van der Waals surface area contributed by atoms with E-state index >= 15 is 0 Å². The molecular weight excluding hydrogens is 318 g/mol. The van der Waals surface area contributed by atoms with E-state index in [1.165, 1.54) is 5.56 Å². The minimum atomic E-state index is 0.125. The van der Waals surface area contributed by atoms with Crippen molar-refractivity contribution in [3.8, 4) is 11.5 Å². The van der Waals surface area contributed by atoms with Crippen LogP contribution in [0.1, 0.15) is 19.4 Å². The van der Waals surface area contributed by atoms with Gasteiger partial charge in [-0.05, 0) is 23.6 Å². The van der Waals surface area contributed by atoms with Crippen LogP contribution >= 0.6 is 0 Å². The highest BCUT2D eigenvalue weighted by Gasteiger charge is 2.19. The highest BCUT2D eigenvalue weighted by molar-refractivity contribution is 5.78. The summed E-state index contributed by atoms with van der Waals surface area (Å²) < 4.78 is 10.7. The van der Waals surface area contributed by atoms with Gasteiger partial charge < -0.3 is 14.8 Å². The second-order valence-electron chi connectivity index (χ2n) is 6.97. The first-order valence-corrected chi connectivity index (χ1v) is 8.93. The molecule has 0 saturated carbocycles. The molecule has 0 unspecified atom stereocenters. The van der Waals surface area contributed by atoms with E-state index in [-0.39, 0.29) is 5.91 Å². The van der Waals surface area contributed by atoms with Gasteiger partial charge in [-0.2, -0.15) is 0 Å². The number of amides is 1. The maximum Gasteiger partial charge on any atom is 0.234 e. The fraction of sp³-hybridized carbons (Fsp3) is 0.632. The zero-order valence-electron chi connectivity index (χ0n) is 15.9. The Balaban J connectivity index is 1.79. The number of piperazine rings is 1. The normalized spacial score (nSPS) is 16.0. The minimum Gasteiger partial charge on any atom is -0.497 e. The fourth-order valence-electron chi connectivity index (χ4n) is 2.90. The summed E-state index contributed by atoms with van der Waals surface area (Å²) in [6.45, 7) is 10.0. The standard InChI is InChI=1S/C19H31N3O3/c1-15(2)12-20-19(23)14-22-7-5-21(6-8-22)13-16-9-17(24-3)11-18(10-16)25-4/h9-11,15H,5-8,12-14H2,1-4H3,(H,20,23). The summed E-state index contributed by atoms with van der Waals surface area (Å²) in [6, 6.07) is 5.99. The van der Waals surface area contributed by atoms with Gasteiger partial charge in [0.25, 0.3) is 0 Å². The van der Waals surface area contributed by atoms with Crippen LogP contribution < -0.4 is 14.8 Å². The molecule has 0 aromatic heterocycles. The van der Waals surface area contributed by atoms with E-state index in [4.69, 9.17) is 9.47 Å². The predicted molar refractivity (Wildman–Crippen MR) is 99.1 cm³/mol. The zero-order valence-corrected chi connectivity index (χ0v) is 15.9. The number of benzene rings is 1. The Morgan fingerprint density at radius 1 is 1.04 bits per heavy atom. The fourth-order valence-corrected chi connectivity index (χ4v) is 2.90. The molecule has 2 rings (SSSR count). The number of carbonyl (C=O) groups excluding carboxylic acids is 1. The van der Waals surface area contributed by atoms with Gasteiger partial charge in [0.1, 0.15) is 11.5 Å². The van der Waals surface area contributed by atoms with Crippen molar-refractivity contribution in [2.24, 2.45) is 5.92 Å². The third-order valence-electron chi connectivity index (χ3n) is 4.36. The number of nitrogens with one attached hydrogen (secondary N) is 1. The van der Waals surface area contributed by atoms with Crippen molar-refractivity contribution < 1.29 is 14.3 Å². The molecule has 1 saturated heterocycles. The smallest absolute Gasteiger partial charge is 0.234 e. The highest BCUT2D eigenvalue weighted by atomic mass is 16.5. The Kier molecular flexibility index (Phi) is 7.52. The van der Waals surface area contributed by atoms with Crippen molar-refractivity contribution in [2.75, 3.05) is 53.5 Å². The summed E-state index contributed by atoms with van der Waals surface area (Å²) in [7, 11) is 3.34. The first-order chi connectivity index (χ1) is 12.0. The van der Waals surface area contributed by atoms with Gasteiger partial charge >= 0.3 is 0 Å². The van der Waals surface area contributed by atoms with Crippen LogP contribution in [0.5, 0.6) is 11.5 Å². The quantitative estimate of drug-likeness (QED) is 0.772. The van der Waals surface area contributed by atoms with Gasteiger partial charge in [0.15, 0.2) is 0 Å². The van der Waals surface area contributed by atoms with Crippen LogP contribution in [0.25, 0.3) is 0 Å². The molecule has 25 heavy (non-hydrogen) atoms. The molecule has 140 valence electrons. The number of hydrogen-bond donors (Lipinski definition) is 1. The lowest BCUT2D eigenvalue weighted by Crippen LogP contribution is -2.49. The maximum absolute atomic E-state index is 11.9. The predicted octanol–water partition coefficient (Wildman–Crippen LogP) is 1.59. The number of methoxy groups -OCH3 is 2. The number of rotatable bonds is 8. The van der Waals surface area contributed by atoms with E-state index in [2.05, 4.69) is 29.0 Å². The lowest BCUT2D eigenvalue weighted by atomic mass is 10.1. The highest BCUT2D eigenvalue weighted by Crippen LogP contribution is 2.23. The summed E-state index contributed by atoms with van der Waals surface area (Å²) in [5, 5.41) is 2.98. The molecule has 0 radical (unpaired) electrons. The first kappa shape index (κ1) is 19.5. The average molecular weight is 349 g/mol. The Morgan fingerprint density at radius 2 is 1.60 bits per heavy atom. The SMILES string of the molecule is COc1cc(CN2CCN(CC(=O)NCC(C)C)CC2)cc(OC)c1. The largest absolute Gasteiger partial charge is 0.497 e. The summed E-state index contributed by atoms with van der Waals surface area (Å²) in [5.74, 6) is 2.24. The Morgan fingerprint density at radius 3 is 2.12 bits per heavy atom. The molecule has 0 aliphatic carbocycles. The van der Waals surface area contributed by atoms with E-state index in [1.54, 1.807) is 14.2 Å². The van der Waals surface area contributed by atoms with Crippen molar-refractivity contribution >= 4 is 5.91 Å². The Hall–Kier alpha value is -1.79. The van der Waals surface area contributed by atoms with Crippen LogP contribution in [-0.4, -0.2) is 69.2 Å². The van der Waals surface area contributed by atoms with Crippen LogP contribution in [0.4, 0.5) is 0 Å². The summed E-state index contributed by atoms with van der Waals surface area (Å²) >= 11 is 0. The third-order valence-corrected chi connectivity index (χ3v) is 4.36. The lowest BCUT2D eigenvalue weighted by molar-refractivity contribution is -0.122. The van der Waals surface area contributed by atoms with Crippen molar-refractivity contribution in [3.05, 3.63) is 23.8 Å². The summed E-state index contributed by atoms with van der Waals surface area (Å²) in [6.07, 6.45) is 0. The van der Waals surface area contributed by atoms with Crippen molar-refractivity contribution in [1.29, 1.82) is 0 Å². The van der Waals surface area contributed by atoms with Crippen LogP contribution in [-0.2, 0) is 11.3 Å². The molecule has 6 nitrogen and oxygen atoms in total. The summed E-state index contributed by atoms with van der Waals surface area (Å²) in [5.41, 5.74) is 1.18. The topological polar surface area (TPSA) is 54.0 Å². The van der Waals surface area contributed by atoms with E-state index in [1.807, 2.05) is 18.2 Å². The van der Waals surface area contributed by atoms with Crippen molar-refractivity contribution in [1.82, 2.24) is 15.1 Å². The van der Waals surface area contributed by atoms with Gasteiger partial charge in [-0.1, -0.05) is 13.8 Å². The molecule has 6 heteroatoms. The maximum atomic E-state index is 11.9. The average Bonchev–Trinajstić information content (AvgIpc) is 2.61. The molecule has 1 heterocycles. The molecule has 1 aromatic carbocycles.